The summed E-state index contributed by atoms with van der Waals surface area (Å²) < 4.78 is 0. The third kappa shape index (κ3) is 11.8. The van der Waals surface area contributed by atoms with Crippen LogP contribution < -0.4 is 29.6 Å². The third-order valence-electron chi connectivity index (χ3n) is 0.902. The fraction of sp³-hybridized carbons (Fsp3) is 0.375. The third-order valence-corrected chi connectivity index (χ3v) is 0.902. The minimum absolute atomic E-state index is 0. The van der Waals surface area contributed by atoms with Gasteiger partial charge < -0.3 is 0 Å². The van der Waals surface area contributed by atoms with E-state index in [-0.39, 0.29) is 29.6 Å². The summed E-state index contributed by atoms with van der Waals surface area (Å²) in [7, 11) is 0. The Labute approximate surface area is 80.3 Å². The molecule has 0 atom stereocenters. The molecule has 0 aromatic rings. The van der Waals surface area contributed by atoms with Crippen LogP contribution in [-0.4, -0.2) is 0 Å². The largest absolute Gasteiger partial charge is 1.00 e. The van der Waals surface area contributed by atoms with Crippen LogP contribution in [0.5, 0.6) is 0 Å². The van der Waals surface area contributed by atoms with E-state index in [0.717, 1.165) is 12.8 Å². The average molecular weight is 132 g/mol. The van der Waals surface area contributed by atoms with E-state index in [0.29, 0.717) is 0 Å². The molecule has 0 unspecified atom stereocenters. The Morgan fingerprint density at radius 2 is 1.78 bits per heavy atom. The summed E-state index contributed by atoms with van der Waals surface area (Å²) in [5.74, 6) is 0. The summed E-state index contributed by atoms with van der Waals surface area (Å²) >= 11 is 0. The Balaban J connectivity index is 0. The molecule has 0 nitrogen and oxygen atoms in total. The second kappa shape index (κ2) is 11.2. The molecule has 9 heavy (non-hydrogen) atoms. The van der Waals surface area contributed by atoms with E-state index in [2.05, 4.69) is 25.2 Å². The van der Waals surface area contributed by atoms with Gasteiger partial charge in [0.05, 0.1) is 0 Å². The maximum absolute atomic E-state index is 3.58. The molecule has 0 heterocycles. The van der Waals surface area contributed by atoms with Gasteiger partial charge in [0.2, 0.25) is 0 Å². The van der Waals surface area contributed by atoms with Crippen molar-refractivity contribution >= 4 is 0 Å². The Bertz CT molecular complexity index is 70.6. The van der Waals surface area contributed by atoms with Gasteiger partial charge in [-0.1, -0.05) is 18.6 Å². The first-order valence-corrected chi connectivity index (χ1v) is 2.97. The quantitative estimate of drug-likeness (QED) is 0.215. The van der Waals surface area contributed by atoms with Crippen LogP contribution in [0.15, 0.2) is 24.3 Å². The normalized spacial score (nSPS) is 10.3. The van der Waals surface area contributed by atoms with Crippen LogP contribution >= 0.6 is 0 Å². The fourth-order valence-electron chi connectivity index (χ4n) is 0.477. The Kier molecular flexibility index (Phi) is 15.0. The van der Waals surface area contributed by atoms with Crippen molar-refractivity contribution in [1.29, 1.82) is 0 Å². The molecule has 0 aliphatic rings. The van der Waals surface area contributed by atoms with Crippen molar-refractivity contribution in [3.63, 3.8) is 0 Å². The van der Waals surface area contributed by atoms with Gasteiger partial charge in [0, 0.05) is 0 Å². The van der Waals surface area contributed by atoms with Crippen LogP contribution in [0.25, 0.3) is 0 Å². The molecule has 0 fully saturated rings. The first-order chi connectivity index (χ1) is 3.91. The summed E-state index contributed by atoms with van der Waals surface area (Å²) in [5.41, 5.74) is 0. The first-order valence-electron chi connectivity index (χ1n) is 2.97. The van der Waals surface area contributed by atoms with E-state index in [4.69, 9.17) is 0 Å². The Hall–Kier alpha value is 0.350. The van der Waals surface area contributed by atoms with Crippen LogP contribution in [0.2, 0.25) is 0 Å². The smallest absolute Gasteiger partial charge is 0.245 e. The topological polar surface area (TPSA) is 0 Å². The number of hydrogen-bond acceptors (Lipinski definition) is 0. The van der Waals surface area contributed by atoms with Crippen molar-refractivity contribution in [3.05, 3.63) is 31.2 Å². The Morgan fingerprint density at radius 3 is 2.22 bits per heavy atom. The molecular weight excluding hydrogens is 119 g/mol. The molecule has 0 aliphatic carbocycles. The summed E-state index contributed by atoms with van der Waals surface area (Å²) in [6.45, 7) is 5.61. The predicted octanol–water partition coefficient (Wildman–Crippen LogP) is -0.263. The van der Waals surface area contributed by atoms with E-state index >= 15 is 0 Å². The monoisotopic (exact) mass is 132 g/mol. The summed E-state index contributed by atoms with van der Waals surface area (Å²) in [4.78, 5) is 0. The van der Waals surface area contributed by atoms with Gasteiger partial charge in [0.25, 0.3) is 0 Å². The van der Waals surface area contributed by atoms with E-state index in [1.165, 1.54) is 0 Å². The SMILES string of the molecule is [CH2-]C=CCCC=CC.[Na+]. The van der Waals surface area contributed by atoms with E-state index in [9.17, 15) is 0 Å². The molecule has 0 radical (unpaired) electrons. The van der Waals surface area contributed by atoms with Crippen LogP contribution in [0.4, 0.5) is 0 Å². The summed E-state index contributed by atoms with van der Waals surface area (Å²) in [6.07, 6.45) is 10.4. The number of hydrogen-bond donors (Lipinski definition) is 0. The zero-order valence-electron chi connectivity index (χ0n) is 6.43. The molecule has 0 saturated carbocycles. The summed E-state index contributed by atoms with van der Waals surface area (Å²) in [6, 6.07) is 0. The van der Waals surface area contributed by atoms with Gasteiger partial charge in [-0.25, -0.2) is 19.1 Å². The van der Waals surface area contributed by atoms with Gasteiger partial charge in [-0.2, -0.15) is 0 Å². The van der Waals surface area contributed by atoms with Crippen LogP contribution in [-0.2, 0) is 0 Å². The first kappa shape index (κ1) is 12.1. The average Bonchev–Trinajstić information content (AvgIpc) is 1.81. The van der Waals surface area contributed by atoms with Crippen molar-refractivity contribution < 1.29 is 29.6 Å². The van der Waals surface area contributed by atoms with Crippen molar-refractivity contribution in [2.24, 2.45) is 0 Å². The van der Waals surface area contributed by atoms with E-state index in [1.54, 1.807) is 0 Å². The molecule has 1 heteroatoms. The minimum atomic E-state index is 0. The van der Waals surface area contributed by atoms with Gasteiger partial charge in [0.1, 0.15) is 0 Å². The van der Waals surface area contributed by atoms with Gasteiger partial charge in [0.15, 0.2) is 0 Å². The molecule has 0 aromatic heterocycles. The Morgan fingerprint density at radius 1 is 1.22 bits per heavy atom. The minimum Gasteiger partial charge on any atom is -0.245 e. The molecule has 0 aliphatic heterocycles. The predicted molar refractivity (Wildman–Crippen MR) is 38.5 cm³/mol. The molecule has 0 aromatic carbocycles. The van der Waals surface area contributed by atoms with Crippen LogP contribution in [0.1, 0.15) is 19.8 Å². The van der Waals surface area contributed by atoms with Crippen molar-refractivity contribution in [3.8, 4) is 0 Å². The van der Waals surface area contributed by atoms with Crippen molar-refractivity contribution in [2.45, 2.75) is 19.8 Å². The van der Waals surface area contributed by atoms with Crippen molar-refractivity contribution in [2.75, 3.05) is 0 Å². The maximum Gasteiger partial charge on any atom is 1.00 e. The zero-order chi connectivity index (χ0) is 6.24. The second-order valence-corrected chi connectivity index (χ2v) is 1.62. The number of allylic oxidation sites excluding steroid dienone is 4. The molecule has 46 valence electrons. The fourth-order valence-corrected chi connectivity index (χ4v) is 0.477. The molecule has 0 amide bonds. The van der Waals surface area contributed by atoms with Crippen LogP contribution in [0.3, 0.4) is 0 Å². The second-order valence-electron chi connectivity index (χ2n) is 1.62. The van der Waals surface area contributed by atoms with Gasteiger partial charge in [-0.05, 0) is 13.3 Å². The summed E-state index contributed by atoms with van der Waals surface area (Å²) in [5, 5.41) is 0. The number of unbranched alkanes of at least 4 members (excludes halogenated alkanes) is 1. The van der Waals surface area contributed by atoms with E-state index in [1.807, 2.05) is 13.0 Å². The van der Waals surface area contributed by atoms with Crippen LogP contribution in [0, 0.1) is 6.92 Å². The maximum atomic E-state index is 3.58. The number of rotatable bonds is 3. The van der Waals surface area contributed by atoms with Gasteiger partial charge in [-0.15, -0.1) is 0 Å². The van der Waals surface area contributed by atoms with Gasteiger partial charge in [-0.3, -0.25) is 0 Å². The molecular formula is C8H13Na. The van der Waals surface area contributed by atoms with Crippen molar-refractivity contribution in [1.82, 2.24) is 0 Å². The zero-order valence-corrected chi connectivity index (χ0v) is 8.43. The molecule has 0 rings (SSSR count). The molecule has 0 saturated heterocycles. The molecule has 0 bridgehead atoms. The van der Waals surface area contributed by atoms with Gasteiger partial charge >= 0.3 is 29.6 Å². The molecule has 0 N–H and O–H groups in total. The standard InChI is InChI=1S/C8H13.Na/c1-3-5-7-8-6-4-2;/h3-6H,1,7-8H2,2H3;/q-1;+1. The van der Waals surface area contributed by atoms with E-state index < -0.39 is 0 Å². The molecule has 0 spiro atoms.